The predicted octanol–water partition coefficient (Wildman–Crippen LogP) is 4.66. The maximum atomic E-state index is 12.9. The average molecular weight is 377 g/mol. The van der Waals surface area contributed by atoms with Crippen LogP contribution in [0.15, 0.2) is 47.1 Å². The molecule has 5 heteroatoms. The zero-order chi connectivity index (χ0) is 20.4. The molecule has 2 aromatic rings. The van der Waals surface area contributed by atoms with Gasteiger partial charge in [-0.05, 0) is 76.1 Å². The van der Waals surface area contributed by atoms with Gasteiger partial charge >= 0.3 is 0 Å². The van der Waals surface area contributed by atoms with Crippen LogP contribution in [0.5, 0.6) is 5.75 Å². The van der Waals surface area contributed by atoms with Crippen molar-refractivity contribution in [3.8, 4) is 5.75 Å². The Morgan fingerprint density at radius 3 is 2.36 bits per heavy atom. The van der Waals surface area contributed by atoms with E-state index in [2.05, 4.69) is 23.8 Å². The molecule has 0 atom stereocenters. The van der Waals surface area contributed by atoms with Crippen molar-refractivity contribution >= 4 is 29.1 Å². The minimum absolute atomic E-state index is 0.155. The van der Waals surface area contributed by atoms with Crippen LogP contribution in [-0.2, 0) is 4.79 Å². The number of rotatable bonds is 5. The molecule has 28 heavy (non-hydrogen) atoms. The first kappa shape index (κ1) is 19.7. The molecule has 1 N–H and O–H groups in total. The van der Waals surface area contributed by atoms with Gasteiger partial charge in [-0.25, -0.2) is 0 Å². The number of aromatic hydroxyl groups is 1. The van der Waals surface area contributed by atoms with Gasteiger partial charge in [0.05, 0.1) is 17.0 Å². The van der Waals surface area contributed by atoms with Crippen LogP contribution in [0.3, 0.4) is 0 Å². The SMILES string of the molecule is CCN(CC)c1ccc(C=C2C(=O)N(c3ccc(C)c(C)c3)N=C2C)c(O)c1. The zero-order valence-corrected chi connectivity index (χ0v) is 17.2. The third kappa shape index (κ3) is 3.65. The Kier molecular flexibility index (Phi) is 5.54. The normalized spacial score (nSPS) is 15.3. The van der Waals surface area contributed by atoms with E-state index in [0.29, 0.717) is 16.8 Å². The standard InChI is InChI=1S/C23H27N3O2/c1-6-25(7-2)19-11-9-18(22(27)14-19)13-21-17(5)24-26(23(21)28)20-10-8-15(3)16(4)12-20/h8-14,27H,6-7H2,1-5H3. The summed E-state index contributed by atoms with van der Waals surface area (Å²) in [4.78, 5) is 15.1. The predicted molar refractivity (Wildman–Crippen MR) is 116 cm³/mol. The Bertz CT molecular complexity index is 972. The summed E-state index contributed by atoms with van der Waals surface area (Å²) < 4.78 is 0. The van der Waals surface area contributed by atoms with Crippen molar-refractivity contribution in [1.29, 1.82) is 0 Å². The van der Waals surface area contributed by atoms with Gasteiger partial charge in [0.2, 0.25) is 0 Å². The molecule has 0 aliphatic carbocycles. The van der Waals surface area contributed by atoms with E-state index in [9.17, 15) is 9.90 Å². The van der Waals surface area contributed by atoms with E-state index in [-0.39, 0.29) is 11.7 Å². The molecule has 0 fully saturated rings. The monoisotopic (exact) mass is 377 g/mol. The zero-order valence-electron chi connectivity index (χ0n) is 17.2. The van der Waals surface area contributed by atoms with E-state index in [0.717, 1.165) is 30.0 Å². The molecule has 1 aliphatic heterocycles. The van der Waals surface area contributed by atoms with Crippen LogP contribution >= 0.6 is 0 Å². The van der Waals surface area contributed by atoms with Gasteiger partial charge in [0.25, 0.3) is 5.91 Å². The highest BCUT2D eigenvalue weighted by Gasteiger charge is 2.29. The number of phenolic OH excluding ortho intramolecular Hbond substituents is 1. The molecule has 1 aliphatic rings. The molecular weight excluding hydrogens is 350 g/mol. The summed E-state index contributed by atoms with van der Waals surface area (Å²) in [6.07, 6.45) is 1.71. The van der Waals surface area contributed by atoms with E-state index in [1.807, 2.05) is 51.1 Å². The van der Waals surface area contributed by atoms with Gasteiger partial charge in [-0.2, -0.15) is 10.1 Å². The summed E-state index contributed by atoms with van der Waals surface area (Å²) in [5.41, 5.74) is 5.72. The van der Waals surface area contributed by atoms with E-state index < -0.39 is 0 Å². The highest BCUT2D eigenvalue weighted by Crippen LogP contribution is 2.30. The summed E-state index contributed by atoms with van der Waals surface area (Å²) in [5, 5.41) is 16.3. The molecule has 0 aromatic heterocycles. The fourth-order valence-electron chi connectivity index (χ4n) is 3.31. The minimum Gasteiger partial charge on any atom is -0.507 e. The van der Waals surface area contributed by atoms with Crippen LogP contribution in [-0.4, -0.2) is 29.8 Å². The topological polar surface area (TPSA) is 56.1 Å². The second-order valence-electron chi connectivity index (χ2n) is 7.04. The largest absolute Gasteiger partial charge is 0.507 e. The van der Waals surface area contributed by atoms with Crippen molar-refractivity contribution in [2.75, 3.05) is 23.0 Å². The molecule has 0 saturated heterocycles. The summed E-state index contributed by atoms with van der Waals surface area (Å²) >= 11 is 0. The third-order valence-electron chi connectivity index (χ3n) is 5.24. The lowest BCUT2D eigenvalue weighted by molar-refractivity contribution is -0.114. The summed E-state index contributed by atoms with van der Waals surface area (Å²) in [6, 6.07) is 11.4. The highest BCUT2D eigenvalue weighted by molar-refractivity contribution is 6.32. The Morgan fingerprint density at radius 2 is 1.75 bits per heavy atom. The number of hydrogen-bond donors (Lipinski definition) is 1. The molecule has 3 rings (SSSR count). The van der Waals surface area contributed by atoms with Crippen LogP contribution < -0.4 is 9.91 Å². The van der Waals surface area contributed by atoms with Crippen LogP contribution in [0.1, 0.15) is 37.5 Å². The van der Waals surface area contributed by atoms with E-state index in [1.54, 1.807) is 12.1 Å². The summed E-state index contributed by atoms with van der Waals surface area (Å²) in [7, 11) is 0. The van der Waals surface area contributed by atoms with Crippen molar-refractivity contribution in [2.24, 2.45) is 5.10 Å². The fraction of sp³-hybridized carbons (Fsp3) is 0.304. The Balaban J connectivity index is 1.92. The molecule has 0 bridgehead atoms. The average Bonchev–Trinajstić information content (AvgIpc) is 2.95. The van der Waals surface area contributed by atoms with Crippen molar-refractivity contribution in [1.82, 2.24) is 0 Å². The number of anilines is 2. The molecule has 0 unspecified atom stereocenters. The fourth-order valence-corrected chi connectivity index (χ4v) is 3.31. The van der Waals surface area contributed by atoms with Gasteiger partial charge in [0, 0.05) is 30.4 Å². The minimum atomic E-state index is -0.187. The number of hydrogen-bond acceptors (Lipinski definition) is 4. The second kappa shape index (κ2) is 7.89. The Hall–Kier alpha value is -3.08. The molecule has 1 heterocycles. The quantitative estimate of drug-likeness (QED) is 0.771. The lowest BCUT2D eigenvalue weighted by Crippen LogP contribution is -2.21. The first-order valence-corrected chi connectivity index (χ1v) is 9.62. The molecule has 5 nitrogen and oxygen atoms in total. The molecular formula is C23H27N3O2. The van der Waals surface area contributed by atoms with Crippen LogP contribution in [0.2, 0.25) is 0 Å². The van der Waals surface area contributed by atoms with Crippen molar-refractivity contribution in [3.05, 3.63) is 58.7 Å². The molecule has 1 amide bonds. The molecule has 0 radical (unpaired) electrons. The molecule has 2 aromatic carbocycles. The molecule has 146 valence electrons. The third-order valence-corrected chi connectivity index (χ3v) is 5.24. The maximum Gasteiger partial charge on any atom is 0.280 e. The number of nitrogens with zero attached hydrogens (tertiary/aromatic N) is 3. The van der Waals surface area contributed by atoms with Gasteiger partial charge in [0.1, 0.15) is 5.75 Å². The van der Waals surface area contributed by atoms with Crippen molar-refractivity contribution in [3.63, 3.8) is 0 Å². The van der Waals surface area contributed by atoms with Gasteiger partial charge in [-0.1, -0.05) is 6.07 Å². The van der Waals surface area contributed by atoms with Crippen LogP contribution in [0.4, 0.5) is 11.4 Å². The number of aryl methyl sites for hydroxylation is 2. The van der Waals surface area contributed by atoms with E-state index in [4.69, 9.17) is 0 Å². The van der Waals surface area contributed by atoms with Crippen LogP contribution in [0, 0.1) is 13.8 Å². The highest BCUT2D eigenvalue weighted by atomic mass is 16.3. The number of phenols is 1. The number of carbonyl (C=O) groups excluding carboxylic acids is 1. The number of hydrazone groups is 1. The number of carbonyl (C=O) groups is 1. The molecule has 0 spiro atoms. The lowest BCUT2D eigenvalue weighted by Gasteiger charge is -2.21. The van der Waals surface area contributed by atoms with Gasteiger partial charge < -0.3 is 10.0 Å². The van der Waals surface area contributed by atoms with Crippen molar-refractivity contribution < 1.29 is 9.90 Å². The summed E-state index contributed by atoms with van der Waals surface area (Å²) in [6.45, 7) is 11.8. The van der Waals surface area contributed by atoms with Gasteiger partial charge in [-0.3, -0.25) is 4.79 Å². The van der Waals surface area contributed by atoms with Crippen molar-refractivity contribution in [2.45, 2.75) is 34.6 Å². The lowest BCUT2D eigenvalue weighted by atomic mass is 10.1. The van der Waals surface area contributed by atoms with Crippen LogP contribution in [0.25, 0.3) is 6.08 Å². The van der Waals surface area contributed by atoms with E-state index in [1.165, 1.54) is 10.6 Å². The Labute approximate surface area is 166 Å². The van der Waals surface area contributed by atoms with E-state index >= 15 is 0 Å². The first-order chi connectivity index (χ1) is 13.3. The Morgan fingerprint density at radius 1 is 1.04 bits per heavy atom. The number of benzene rings is 2. The smallest absolute Gasteiger partial charge is 0.280 e. The number of amides is 1. The summed E-state index contributed by atoms with van der Waals surface area (Å²) in [5.74, 6) is -0.0323. The van der Waals surface area contributed by atoms with Gasteiger partial charge in [0.15, 0.2) is 0 Å². The van der Waals surface area contributed by atoms with Gasteiger partial charge in [-0.15, -0.1) is 0 Å². The molecule has 0 saturated carbocycles. The maximum absolute atomic E-state index is 12.9. The second-order valence-corrected chi connectivity index (χ2v) is 7.04. The first-order valence-electron chi connectivity index (χ1n) is 9.62.